The highest BCUT2D eigenvalue weighted by molar-refractivity contribution is 5.81. The molecular weight excluding hydrogens is 200 g/mol. The van der Waals surface area contributed by atoms with Gasteiger partial charge in [0.15, 0.2) is 0 Å². The maximum Gasteiger partial charge on any atom is 0.239 e. The first-order chi connectivity index (χ1) is 7.58. The van der Waals surface area contributed by atoms with E-state index in [-0.39, 0.29) is 11.9 Å². The van der Waals surface area contributed by atoms with Gasteiger partial charge in [-0.2, -0.15) is 0 Å². The van der Waals surface area contributed by atoms with Crippen LogP contribution >= 0.6 is 0 Å². The molecule has 94 valence electrons. The van der Waals surface area contributed by atoms with Crippen LogP contribution in [-0.4, -0.2) is 36.5 Å². The molecule has 0 heterocycles. The maximum absolute atomic E-state index is 12.0. The molecule has 3 nitrogen and oxygen atoms in total. The zero-order valence-corrected chi connectivity index (χ0v) is 11.2. The summed E-state index contributed by atoms with van der Waals surface area (Å²) in [6.45, 7) is 10.9. The zero-order chi connectivity index (χ0) is 12.2. The molecule has 1 aliphatic carbocycles. The van der Waals surface area contributed by atoms with E-state index >= 15 is 0 Å². The van der Waals surface area contributed by atoms with Crippen LogP contribution < -0.4 is 5.32 Å². The Morgan fingerprint density at radius 3 is 2.25 bits per heavy atom. The number of likely N-dealkylation sites (N-methyl/N-ethyl adjacent to an activating group) is 1. The first-order valence-corrected chi connectivity index (χ1v) is 6.60. The molecule has 1 rings (SSSR count). The SMILES string of the molecule is CCN(CC)C(=O)C(C)NCC1(CC)CC1. The lowest BCUT2D eigenvalue weighted by molar-refractivity contribution is -0.132. The molecule has 1 amide bonds. The Labute approximate surface area is 99.6 Å². The van der Waals surface area contributed by atoms with Gasteiger partial charge in [-0.05, 0) is 45.4 Å². The molecule has 0 aliphatic heterocycles. The summed E-state index contributed by atoms with van der Waals surface area (Å²) < 4.78 is 0. The van der Waals surface area contributed by atoms with Gasteiger partial charge in [0.2, 0.25) is 5.91 Å². The molecule has 0 saturated heterocycles. The molecular formula is C13H26N2O. The van der Waals surface area contributed by atoms with Crippen molar-refractivity contribution in [1.82, 2.24) is 10.2 Å². The number of nitrogens with one attached hydrogen (secondary N) is 1. The Bertz CT molecular complexity index is 232. The molecule has 1 fully saturated rings. The molecule has 1 atom stereocenters. The Morgan fingerprint density at radius 1 is 1.31 bits per heavy atom. The second-order valence-electron chi connectivity index (χ2n) is 4.97. The van der Waals surface area contributed by atoms with Gasteiger partial charge >= 0.3 is 0 Å². The zero-order valence-electron chi connectivity index (χ0n) is 11.2. The van der Waals surface area contributed by atoms with Gasteiger partial charge in [0.25, 0.3) is 0 Å². The Kier molecular flexibility index (Phi) is 4.78. The molecule has 0 aromatic rings. The van der Waals surface area contributed by atoms with E-state index in [0.717, 1.165) is 19.6 Å². The first-order valence-electron chi connectivity index (χ1n) is 6.60. The highest BCUT2D eigenvalue weighted by atomic mass is 16.2. The number of amides is 1. The summed E-state index contributed by atoms with van der Waals surface area (Å²) in [5.74, 6) is 0.233. The van der Waals surface area contributed by atoms with Gasteiger partial charge in [0.05, 0.1) is 6.04 Å². The van der Waals surface area contributed by atoms with E-state index in [0.29, 0.717) is 5.41 Å². The van der Waals surface area contributed by atoms with E-state index in [9.17, 15) is 4.79 Å². The number of nitrogens with zero attached hydrogens (tertiary/aromatic N) is 1. The summed E-state index contributed by atoms with van der Waals surface area (Å²) in [6.07, 6.45) is 3.87. The van der Waals surface area contributed by atoms with Crippen LogP contribution in [0, 0.1) is 5.41 Å². The normalized spacial score (nSPS) is 19.2. The smallest absolute Gasteiger partial charge is 0.239 e. The average Bonchev–Trinajstić information content (AvgIpc) is 3.08. The van der Waals surface area contributed by atoms with Crippen LogP contribution in [0.15, 0.2) is 0 Å². The molecule has 16 heavy (non-hydrogen) atoms. The molecule has 0 aromatic carbocycles. The maximum atomic E-state index is 12.0. The van der Waals surface area contributed by atoms with Crippen molar-refractivity contribution in [3.05, 3.63) is 0 Å². The summed E-state index contributed by atoms with van der Waals surface area (Å²) in [5, 5.41) is 3.39. The molecule has 1 aliphatic rings. The minimum absolute atomic E-state index is 0.0380. The van der Waals surface area contributed by atoms with Crippen molar-refractivity contribution >= 4 is 5.91 Å². The van der Waals surface area contributed by atoms with Crippen LogP contribution in [-0.2, 0) is 4.79 Å². The summed E-state index contributed by atoms with van der Waals surface area (Å²) in [7, 11) is 0. The van der Waals surface area contributed by atoms with Crippen LogP contribution in [0.5, 0.6) is 0 Å². The Morgan fingerprint density at radius 2 is 1.88 bits per heavy atom. The van der Waals surface area contributed by atoms with Crippen molar-refractivity contribution in [2.75, 3.05) is 19.6 Å². The van der Waals surface area contributed by atoms with E-state index in [1.165, 1.54) is 19.3 Å². The van der Waals surface area contributed by atoms with Crippen molar-refractivity contribution in [2.45, 2.75) is 53.0 Å². The summed E-state index contributed by atoms with van der Waals surface area (Å²) in [5.41, 5.74) is 0.512. The largest absolute Gasteiger partial charge is 0.342 e. The number of rotatable bonds is 7. The lowest BCUT2D eigenvalue weighted by Crippen LogP contribution is -2.46. The van der Waals surface area contributed by atoms with Crippen LogP contribution in [0.3, 0.4) is 0 Å². The number of hydrogen-bond donors (Lipinski definition) is 1. The standard InChI is InChI=1S/C13H26N2O/c1-5-13(8-9-13)10-14-11(4)12(16)15(6-2)7-3/h11,14H,5-10H2,1-4H3. The fourth-order valence-corrected chi connectivity index (χ4v) is 2.10. The van der Waals surface area contributed by atoms with Crippen molar-refractivity contribution < 1.29 is 4.79 Å². The van der Waals surface area contributed by atoms with Crippen molar-refractivity contribution in [3.63, 3.8) is 0 Å². The van der Waals surface area contributed by atoms with Gasteiger partial charge in [-0.1, -0.05) is 6.92 Å². The highest BCUT2D eigenvalue weighted by Gasteiger charge is 2.40. The Hall–Kier alpha value is -0.570. The van der Waals surface area contributed by atoms with Crippen LogP contribution in [0.1, 0.15) is 47.0 Å². The molecule has 1 unspecified atom stereocenters. The highest BCUT2D eigenvalue weighted by Crippen LogP contribution is 2.47. The fraction of sp³-hybridized carbons (Fsp3) is 0.923. The first kappa shape index (κ1) is 13.5. The van der Waals surface area contributed by atoms with Gasteiger partial charge < -0.3 is 10.2 Å². The summed E-state index contributed by atoms with van der Waals surface area (Å²) >= 11 is 0. The molecule has 0 radical (unpaired) electrons. The summed E-state index contributed by atoms with van der Waals surface area (Å²) in [6, 6.07) is -0.0380. The topological polar surface area (TPSA) is 32.3 Å². The number of carbonyl (C=O) groups excluding carboxylic acids is 1. The monoisotopic (exact) mass is 226 g/mol. The fourth-order valence-electron chi connectivity index (χ4n) is 2.10. The van der Waals surface area contributed by atoms with Gasteiger partial charge in [-0.3, -0.25) is 4.79 Å². The molecule has 3 heteroatoms. The lowest BCUT2D eigenvalue weighted by atomic mass is 10.0. The van der Waals surface area contributed by atoms with Crippen molar-refractivity contribution in [1.29, 1.82) is 0 Å². The van der Waals surface area contributed by atoms with Crippen molar-refractivity contribution in [2.24, 2.45) is 5.41 Å². The molecule has 1 N–H and O–H groups in total. The van der Waals surface area contributed by atoms with Gasteiger partial charge in [-0.25, -0.2) is 0 Å². The van der Waals surface area contributed by atoms with Gasteiger partial charge in [0.1, 0.15) is 0 Å². The van der Waals surface area contributed by atoms with E-state index in [1.807, 2.05) is 25.7 Å². The van der Waals surface area contributed by atoms with Crippen molar-refractivity contribution in [3.8, 4) is 0 Å². The molecule has 0 spiro atoms. The Balaban J connectivity index is 2.34. The van der Waals surface area contributed by atoms with E-state index in [1.54, 1.807) is 0 Å². The minimum atomic E-state index is -0.0380. The predicted molar refractivity (Wildman–Crippen MR) is 67.4 cm³/mol. The predicted octanol–water partition coefficient (Wildman–Crippen LogP) is 2.02. The quantitative estimate of drug-likeness (QED) is 0.720. The van der Waals surface area contributed by atoms with Crippen LogP contribution in [0.25, 0.3) is 0 Å². The molecule has 0 bridgehead atoms. The van der Waals surface area contributed by atoms with Crippen LogP contribution in [0.2, 0.25) is 0 Å². The minimum Gasteiger partial charge on any atom is -0.342 e. The van der Waals surface area contributed by atoms with Crippen LogP contribution in [0.4, 0.5) is 0 Å². The molecule has 0 aromatic heterocycles. The molecule has 1 saturated carbocycles. The van der Waals surface area contributed by atoms with E-state index in [2.05, 4.69) is 12.2 Å². The van der Waals surface area contributed by atoms with E-state index < -0.39 is 0 Å². The second kappa shape index (κ2) is 5.67. The van der Waals surface area contributed by atoms with Gasteiger partial charge in [-0.15, -0.1) is 0 Å². The average molecular weight is 226 g/mol. The second-order valence-corrected chi connectivity index (χ2v) is 4.97. The number of hydrogen-bond acceptors (Lipinski definition) is 2. The third-order valence-electron chi connectivity index (χ3n) is 3.94. The lowest BCUT2D eigenvalue weighted by Gasteiger charge is -2.25. The van der Waals surface area contributed by atoms with Gasteiger partial charge in [0, 0.05) is 19.6 Å². The van der Waals surface area contributed by atoms with E-state index in [4.69, 9.17) is 0 Å². The summed E-state index contributed by atoms with van der Waals surface area (Å²) in [4.78, 5) is 13.9. The third-order valence-corrected chi connectivity index (χ3v) is 3.94. The third kappa shape index (κ3) is 3.21. The number of carbonyl (C=O) groups is 1.